The van der Waals surface area contributed by atoms with E-state index in [-0.39, 0.29) is 41.8 Å². The van der Waals surface area contributed by atoms with Gasteiger partial charge in [0.05, 0.1) is 34.8 Å². The Hall–Kier alpha value is -5.02. The second-order valence-corrected chi connectivity index (χ2v) is 13.6. The number of hydrogen-bond acceptors (Lipinski definition) is 12. The number of nitrogens with two attached hydrogens (primary N) is 1. The van der Waals surface area contributed by atoms with Gasteiger partial charge in [-0.2, -0.15) is 5.10 Å². The summed E-state index contributed by atoms with van der Waals surface area (Å²) in [6, 6.07) is 6.85. The van der Waals surface area contributed by atoms with Crippen LogP contribution in [0, 0.1) is 11.3 Å². The largest absolute Gasteiger partial charge is 0.475 e. The number of amides is 2. The van der Waals surface area contributed by atoms with E-state index in [1.165, 1.54) is 0 Å². The van der Waals surface area contributed by atoms with Crippen LogP contribution in [0.15, 0.2) is 49.1 Å². The van der Waals surface area contributed by atoms with Crippen LogP contribution < -0.4 is 15.4 Å². The number of hydrogen-bond donors (Lipinski definition) is 2. The Morgan fingerprint density at radius 1 is 1.12 bits per heavy atom. The Balaban J connectivity index is 1.04. The highest BCUT2D eigenvalue weighted by atomic mass is 32.1. The van der Waals surface area contributed by atoms with Gasteiger partial charge >= 0.3 is 0 Å². The number of ether oxygens (including phenoxy) is 1. The van der Waals surface area contributed by atoms with Crippen molar-refractivity contribution < 1.29 is 14.3 Å². The van der Waals surface area contributed by atoms with Crippen molar-refractivity contribution in [1.29, 1.82) is 5.41 Å². The molecule has 4 aromatic heterocycles. The zero-order valence-corrected chi connectivity index (χ0v) is 29.7. The Morgan fingerprint density at radius 3 is 2.64 bits per heavy atom. The van der Waals surface area contributed by atoms with Crippen LogP contribution >= 0.6 is 11.3 Å². The van der Waals surface area contributed by atoms with E-state index in [1.54, 1.807) is 57.7 Å². The van der Waals surface area contributed by atoms with E-state index in [1.807, 2.05) is 38.8 Å². The van der Waals surface area contributed by atoms with E-state index in [9.17, 15) is 9.59 Å². The number of rotatable bonds is 12. The molecule has 2 aliphatic rings. The topological polar surface area (TPSA) is 172 Å². The van der Waals surface area contributed by atoms with Gasteiger partial charge in [0.25, 0.3) is 0 Å². The maximum Gasteiger partial charge on any atom is 0.237 e. The highest BCUT2D eigenvalue weighted by molar-refractivity contribution is 7.16. The molecule has 14 nitrogen and oxygen atoms in total. The smallest absolute Gasteiger partial charge is 0.237 e. The minimum atomic E-state index is -0.270. The van der Waals surface area contributed by atoms with Crippen LogP contribution in [0.25, 0.3) is 16.3 Å². The number of aryl methyl sites for hydroxylation is 1. The first-order valence-corrected chi connectivity index (χ1v) is 17.8. The number of nitrogen functional groups attached to an aromatic ring is 1. The molecule has 0 aliphatic carbocycles. The first kappa shape index (κ1) is 34.8. The number of pyridine rings is 2. The van der Waals surface area contributed by atoms with Gasteiger partial charge in [0.1, 0.15) is 22.8 Å². The van der Waals surface area contributed by atoms with E-state index in [0.717, 1.165) is 28.4 Å². The van der Waals surface area contributed by atoms with Crippen LogP contribution in [0.3, 0.4) is 0 Å². The monoisotopic (exact) mass is 697 g/mol. The fourth-order valence-corrected chi connectivity index (χ4v) is 7.00. The van der Waals surface area contributed by atoms with Crippen LogP contribution in [0.1, 0.15) is 56.8 Å². The molecule has 2 aliphatic heterocycles. The van der Waals surface area contributed by atoms with Crippen LogP contribution in [0.4, 0.5) is 11.5 Å². The third-order valence-corrected chi connectivity index (χ3v) is 9.86. The average Bonchev–Trinajstić information content (AvgIpc) is 3.91. The number of nitrogens with one attached hydrogen (secondary N) is 1. The van der Waals surface area contributed by atoms with Gasteiger partial charge in [-0.15, -0.1) is 11.3 Å². The minimum absolute atomic E-state index is 0.0151. The zero-order valence-electron chi connectivity index (χ0n) is 28.9. The zero-order chi connectivity index (χ0) is 35.4. The number of anilines is 2. The number of likely N-dealkylation sites (tertiary alicyclic amines) is 1. The number of nitrogens with zero attached hydrogens (tertiary/aromatic N) is 9. The fourth-order valence-electron chi connectivity index (χ4n) is 6.08. The van der Waals surface area contributed by atoms with Crippen LogP contribution in [0.2, 0.25) is 0 Å². The second-order valence-electron chi connectivity index (χ2n) is 12.6. The van der Waals surface area contributed by atoms with Gasteiger partial charge in [-0.1, -0.05) is 6.08 Å². The fraction of sp³-hybridized carbons (Fsp3) is 0.429. The number of aromatic nitrogens is 6. The summed E-state index contributed by atoms with van der Waals surface area (Å²) in [6.45, 7) is 11.5. The number of carbonyl (C=O) groups is 2. The maximum absolute atomic E-state index is 13.8. The molecule has 6 rings (SSSR count). The number of thiazole rings is 1. The molecule has 1 fully saturated rings. The van der Waals surface area contributed by atoms with Crippen molar-refractivity contribution in [2.75, 3.05) is 49.9 Å². The van der Waals surface area contributed by atoms with Crippen molar-refractivity contribution in [2.24, 2.45) is 5.92 Å². The normalized spacial score (nSPS) is 16.5. The predicted molar refractivity (Wildman–Crippen MR) is 193 cm³/mol. The lowest BCUT2D eigenvalue weighted by molar-refractivity contribution is -0.132. The van der Waals surface area contributed by atoms with Crippen LogP contribution in [0.5, 0.6) is 5.88 Å². The van der Waals surface area contributed by atoms with Crippen molar-refractivity contribution in [3.05, 3.63) is 65.3 Å². The minimum Gasteiger partial charge on any atom is -0.475 e. The van der Waals surface area contributed by atoms with Gasteiger partial charge in [0.15, 0.2) is 5.82 Å². The van der Waals surface area contributed by atoms with E-state index >= 15 is 0 Å². The first-order valence-electron chi connectivity index (χ1n) is 17.0. The Bertz CT molecular complexity index is 1880. The number of carbonyl (C=O) groups excluding carboxylic acids is 2. The molecule has 1 atom stereocenters. The van der Waals surface area contributed by atoms with Crippen molar-refractivity contribution in [3.63, 3.8) is 0 Å². The third-order valence-electron chi connectivity index (χ3n) is 8.79. The van der Waals surface area contributed by atoms with Crippen molar-refractivity contribution >= 4 is 45.9 Å². The van der Waals surface area contributed by atoms with Gasteiger partial charge in [-0.05, 0) is 70.9 Å². The van der Waals surface area contributed by atoms with Crippen LogP contribution in [-0.4, -0.2) is 102 Å². The molecule has 4 aromatic rings. The van der Waals surface area contributed by atoms with Gasteiger partial charge in [0, 0.05) is 56.7 Å². The molecule has 262 valence electrons. The summed E-state index contributed by atoms with van der Waals surface area (Å²) < 4.78 is 7.41. The lowest BCUT2D eigenvalue weighted by atomic mass is 10.1. The van der Waals surface area contributed by atoms with E-state index < -0.39 is 0 Å². The average molecular weight is 698 g/mol. The Morgan fingerprint density at radius 2 is 1.96 bits per heavy atom. The van der Waals surface area contributed by atoms with Gasteiger partial charge in [0.2, 0.25) is 17.7 Å². The molecule has 0 saturated carbocycles. The molecule has 3 N–H and O–H groups in total. The molecule has 2 amide bonds. The van der Waals surface area contributed by atoms with Crippen molar-refractivity contribution in [1.82, 2.24) is 39.5 Å². The Kier molecular flexibility index (Phi) is 10.6. The lowest BCUT2D eigenvalue weighted by Crippen LogP contribution is -2.42. The van der Waals surface area contributed by atoms with Gasteiger partial charge in [-0.3, -0.25) is 29.5 Å². The molecule has 6 heterocycles. The lowest BCUT2D eigenvalue weighted by Gasteiger charge is -2.28. The molecular weight excluding hydrogens is 655 g/mol. The van der Waals surface area contributed by atoms with Gasteiger partial charge in [-0.25, -0.2) is 19.9 Å². The summed E-state index contributed by atoms with van der Waals surface area (Å²) in [6.07, 6.45) is 8.54. The molecule has 1 saturated heterocycles. The summed E-state index contributed by atoms with van der Waals surface area (Å²) in [7, 11) is 0. The highest BCUT2D eigenvalue weighted by Crippen LogP contribution is 2.31. The van der Waals surface area contributed by atoms with E-state index in [4.69, 9.17) is 15.9 Å². The highest BCUT2D eigenvalue weighted by Gasteiger charge is 2.34. The quantitative estimate of drug-likeness (QED) is 0.206. The molecule has 0 radical (unpaired) electrons. The van der Waals surface area contributed by atoms with Crippen molar-refractivity contribution in [3.8, 4) is 16.6 Å². The second kappa shape index (κ2) is 15.3. The van der Waals surface area contributed by atoms with Gasteiger partial charge < -0.3 is 15.4 Å². The van der Waals surface area contributed by atoms with Crippen molar-refractivity contribution in [2.45, 2.75) is 53.2 Å². The first-order chi connectivity index (χ1) is 24.1. The van der Waals surface area contributed by atoms with Crippen LogP contribution in [-0.2, 0) is 16.1 Å². The standard InChI is InChI=1S/C35H43N11O3S/c1-5-45-21-40-33(42-45)27-18-39-34(50-27)23-12-15-44(16-13-23)30(47)20-43-14-11-25(19-43)35(48)46(6-2)28-9-8-26(36)32(41-28)31(37)24-7-10-29(38-17-24)49-22(3)4/h7-10,12,17-18,21-22,25,37H,5-6,11,13-16,19-20,36H2,1-4H3/t25-/m1/s1. The predicted octanol–water partition coefficient (Wildman–Crippen LogP) is 3.99. The summed E-state index contributed by atoms with van der Waals surface area (Å²) in [4.78, 5) is 51.5. The molecule has 15 heteroatoms. The maximum atomic E-state index is 13.8. The summed E-state index contributed by atoms with van der Waals surface area (Å²) >= 11 is 1.57. The summed E-state index contributed by atoms with van der Waals surface area (Å²) in [5.74, 6) is 1.31. The SMILES string of the molecule is CCN(C(=O)[C@@H]1CCN(CC(=O)N2CC=C(c3ncc(-c4ncn(CC)n4)s3)CC2)C1)c1ccc(N)c(C(=N)c2ccc(OC(C)C)nc2)n1. The molecule has 0 aromatic carbocycles. The molecule has 0 spiro atoms. The Labute approximate surface area is 295 Å². The summed E-state index contributed by atoms with van der Waals surface area (Å²) in [5.41, 5.74) is 8.64. The summed E-state index contributed by atoms with van der Waals surface area (Å²) in [5, 5.41) is 14.2. The molecule has 50 heavy (non-hydrogen) atoms. The third kappa shape index (κ3) is 7.73. The van der Waals surface area contributed by atoms with E-state index in [2.05, 4.69) is 36.0 Å². The molecular formula is C35H43N11O3S. The molecule has 0 unspecified atom stereocenters. The van der Waals surface area contributed by atoms with E-state index in [0.29, 0.717) is 67.9 Å². The molecule has 0 bridgehead atoms.